The van der Waals surface area contributed by atoms with Crippen LogP contribution in [-0.4, -0.2) is 21.6 Å². The van der Waals surface area contributed by atoms with Gasteiger partial charge in [-0.1, -0.05) is 11.3 Å². The van der Waals surface area contributed by atoms with E-state index in [0.717, 1.165) is 10.6 Å². The molecule has 6 heteroatoms. The summed E-state index contributed by atoms with van der Waals surface area (Å²) >= 11 is 1.31. The van der Waals surface area contributed by atoms with Crippen molar-refractivity contribution >= 4 is 22.9 Å². The SMILES string of the molecule is O=CNc1nnc(-c2cccnc2)s1. The van der Waals surface area contributed by atoms with E-state index in [1.165, 1.54) is 11.3 Å². The highest BCUT2D eigenvalue weighted by atomic mass is 32.1. The minimum absolute atomic E-state index is 0.485. The standard InChI is InChI=1S/C8H6N4OS/c13-5-10-8-12-11-7(14-8)6-2-1-3-9-4-6/h1-5H,(H,10,12,13). The Labute approximate surface area is 83.8 Å². The molecule has 0 bridgehead atoms. The molecule has 2 heterocycles. The Morgan fingerprint density at radius 2 is 2.36 bits per heavy atom. The van der Waals surface area contributed by atoms with E-state index >= 15 is 0 Å². The van der Waals surface area contributed by atoms with Crippen LogP contribution in [0, 0.1) is 0 Å². The first kappa shape index (κ1) is 8.76. The second-order valence-electron chi connectivity index (χ2n) is 2.42. The van der Waals surface area contributed by atoms with Crippen LogP contribution < -0.4 is 5.32 Å². The highest BCUT2D eigenvalue weighted by molar-refractivity contribution is 7.18. The molecule has 0 aliphatic carbocycles. The van der Waals surface area contributed by atoms with Gasteiger partial charge >= 0.3 is 0 Å². The molecule has 0 aliphatic heterocycles. The third-order valence-electron chi connectivity index (χ3n) is 1.52. The number of rotatable bonds is 3. The van der Waals surface area contributed by atoms with Gasteiger partial charge in [-0.25, -0.2) is 0 Å². The highest BCUT2D eigenvalue weighted by Crippen LogP contribution is 2.24. The fourth-order valence-corrected chi connectivity index (χ4v) is 1.63. The van der Waals surface area contributed by atoms with E-state index in [1.54, 1.807) is 12.4 Å². The Kier molecular flexibility index (Phi) is 2.46. The van der Waals surface area contributed by atoms with Crippen molar-refractivity contribution in [2.24, 2.45) is 0 Å². The summed E-state index contributed by atoms with van der Waals surface area (Å²) < 4.78 is 0. The van der Waals surface area contributed by atoms with Gasteiger partial charge in [0.05, 0.1) is 0 Å². The first-order chi connectivity index (χ1) is 6.90. The molecule has 0 radical (unpaired) electrons. The van der Waals surface area contributed by atoms with Gasteiger partial charge < -0.3 is 5.32 Å². The van der Waals surface area contributed by atoms with E-state index in [0.29, 0.717) is 11.5 Å². The summed E-state index contributed by atoms with van der Waals surface area (Å²) in [5.41, 5.74) is 0.893. The third-order valence-corrected chi connectivity index (χ3v) is 2.42. The van der Waals surface area contributed by atoms with Gasteiger partial charge in [0, 0.05) is 18.0 Å². The number of carbonyl (C=O) groups is 1. The van der Waals surface area contributed by atoms with Gasteiger partial charge in [-0.05, 0) is 12.1 Å². The zero-order valence-electron chi connectivity index (χ0n) is 7.04. The molecular weight excluding hydrogens is 200 g/mol. The number of amides is 1. The van der Waals surface area contributed by atoms with Gasteiger partial charge in [-0.3, -0.25) is 9.78 Å². The fraction of sp³-hybridized carbons (Fsp3) is 0. The summed E-state index contributed by atoms with van der Waals surface area (Å²) in [6.07, 6.45) is 3.97. The second-order valence-corrected chi connectivity index (χ2v) is 3.39. The second kappa shape index (κ2) is 3.93. The van der Waals surface area contributed by atoms with E-state index < -0.39 is 0 Å². The van der Waals surface area contributed by atoms with E-state index in [4.69, 9.17) is 0 Å². The highest BCUT2D eigenvalue weighted by Gasteiger charge is 2.04. The molecular formula is C8H6N4OS. The Morgan fingerprint density at radius 3 is 3.07 bits per heavy atom. The van der Waals surface area contributed by atoms with Crippen molar-refractivity contribution in [3.63, 3.8) is 0 Å². The molecule has 0 saturated carbocycles. The number of pyridine rings is 1. The fourth-order valence-electron chi connectivity index (χ4n) is 0.938. The molecule has 5 nitrogen and oxygen atoms in total. The first-order valence-corrected chi connectivity index (χ1v) is 4.66. The minimum Gasteiger partial charge on any atom is -0.303 e. The molecule has 0 aliphatic rings. The molecule has 1 N–H and O–H groups in total. The Balaban J connectivity index is 2.29. The molecule has 2 aromatic rings. The van der Waals surface area contributed by atoms with E-state index in [-0.39, 0.29) is 0 Å². The van der Waals surface area contributed by atoms with Crippen molar-refractivity contribution in [1.29, 1.82) is 0 Å². The number of nitrogens with one attached hydrogen (secondary N) is 1. The summed E-state index contributed by atoms with van der Waals surface area (Å²) in [6, 6.07) is 3.71. The van der Waals surface area contributed by atoms with Crippen LogP contribution >= 0.6 is 11.3 Å². The zero-order chi connectivity index (χ0) is 9.80. The van der Waals surface area contributed by atoms with Gasteiger partial charge in [0.15, 0.2) is 5.01 Å². The summed E-state index contributed by atoms with van der Waals surface area (Å²) in [5.74, 6) is 0. The number of carbonyl (C=O) groups excluding carboxylic acids is 1. The smallest absolute Gasteiger partial charge is 0.213 e. The number of hydrogen-bond donors (Lipinski definition) is 1. The first-order valence-electron chi connectivity index (χ1n) is 3.84. The van der Waals surface area contributed by atoms with E-state index in [9.17, 15) is 4.79 Å². The Bertz CT molecular complexity index is 428. The van der Waals surface area contributed by atoms with Crippen molar-refractivity contribution in [3.05, 3.63) is 24.5 Å². The molecule has 0 unspecified atom stereocenters. The van der Waals surface area contributed by atoms with Gasteiger partial charge in [0.2, 0.25) is 11.5 Å². The third kappa shape index (κ3) is 1.74. The number of nitrogens with zero attached hydrogens (tertiary/aromatic N) is 3. The van der Waals surface area contributed by atoms with Crippen molar-refractivity contribution < 1.29 is 4.79 Å². The van der Waals surface area contributed by atoms with Crippen LogP contribution in [0.25, 0.3) is 10.6 Å². The Hall–Kier alpha value is -1.82. The minimum atomic E-state index is 0.485. The topological polar surface area (TPSA) is 67.8 Å². The lowest BCUT2D eigenvalue weighted by Gasteiger charge is -1.90. The molecule has 0 spiro atoms. The summed E-state index contributed by atoms with van der Waals surface area (Å²) in [7, 11) is 0. The van der Waals surface area contributed by atoms with Crippen LogP contribution in [0.3, 0.4) is 0 Å². The molecule has 0 fully saturated rings. The van der Waals surface area contributed by atoms with Gasteiger partial charge in [-0.2, -0.15) is 0 Å². The number of aromatic nitrogens is 3. The average Bonchev–Trinajstić information content (AvgIpc) is 2.68. The molecule has 70 valence electrons. The largest absolute Gasteiger partial charge is 0.303 e. The lowest BCUT2D eigenvalue weighted by atomic mass is 10.3. The maximum Gasteiger partial charge on any atom is 0.213 e. The van der Waals surface area contributed by atoms with Crippen molar-refractivity contribution in [1.82, 2.24) is 15.2 Å². The van der Waals surface area contributed by atoms with Crippen LogP contribution in [0.2, 0.25) is 0 Å². The molecule has 0 aromatic carbocycles. The van der Waals surface area contributed by atoms with Crippen molar-refractivity contribution in [3.8, 4) is 10.6 Å². The van der Waals surface area contributed by atoms with Crippen molar-refractivity contribution in [2.45, 2.75) is 0 Å². The molecule has 1 amide bonds. The molecule has 0 atom stereocenters. The Morgan fingerprint density at radius 1 is 1.43 bits per heavy atom. The molecule has 2 rings (SSSR count). The molecule has 14 heavy (non-hydrogen) atoms. The van der Waals surface area contributed by atoms with E-state index in [1.807, 2.05) is 12.1 Å². The molecule has 2 aromatic heterocycles. The van der Waals surface area contributed by atoms with Crippen molar-refractivity contribution in [2.75, 3.05) is 5.32 Å². The predicted molar refractivity (Wildman–Crippen MR) is 52.8 cm³/mol. The summed E-state index contributed by atoms with van der Waals surface area (Å²) in [5, 5.41) is 11.4. The summed E-state index contributed by atoms with van der Waals surface area (Å²) in [4.78, 5) is 14.1. The van der Waals surface area contributed by atoms with Gasteiger partial charge in [0.1, 0.15) is 0 Å². The van der Waals surface area contributed by atoms with Crippen LogP contribution in [0.1, 0.15) is 0 Å². The lowest BCUT2D eigenvalue weighted by molar-refractivity contribution is -0.105. The summed E-state index contributed by atoms with van der Waals surface area (Å²) in [6.45, 7) is 0. The monoisotopic (exact) mass is 206 g/mol. The van der Waals surface area contributed by atoms with Crippen LogP contribution in [0.4, 0.5) is 5.13 Å². The van der Waals surface area contributed by atoms with Crippen LogP contribution in [0.5, 0.6) is 0 Å². The lowest BCUT2D eigenvalue weighted by Crippen LogP contribution is -1.91. The maximum absolute atomic E-state index is 10.1. The van der Waals surface area contributed by atoms with Crippen LogP contribution in [0.15, 0.2) is 24.5 Å². The van der Waals surface area contributed by atoms with E-state index in [2.05, 4.69) is 20.5 Å². The number of hydrogen-bond acceptors (Lipinski definition) is 5. The van der Waals surface area contributed by atoms with Gasteiger partial charge in [-0.15, -0.1) is 10.2 Å². The van der Waals surface area contributed by atoms with Gasteiger partial charge in [0.25, 0.3) is 0 Å². The quantitative estimate of drug-likeness (QED) is 0.765. The average molecular weight is 206 g/mol. The van der Waals surface area contributed by atoms with Crippen LogP contribution in [-0.2, 0) is 4.79 Å². The zero-order valence-corrected chi connectivity index (χ0v) is 7.86. The maximum atomic E-state index is 10.1. The molecule has 0 saturated heterocycles. The number of anilines is 1. The predicted octanol–water partition coefficient (Wildman–Crippen LogP) is 1.17. The normalized spacial score (nSPS) is 9.71.